The van der Waals surface area contributed by atoms with E-state index in [2.05, 4.69) is 5.32 Å². The third-order valence-corrected chi connectivity index (χ3v) is 3.78. The van der Waals surface area contributed by atoms with Crippen LogP contribution in [0.15, 0.2) is 48.5 Å². The van der Waals surface area contributed by atoms with Crippen LogP contribution in [0.5, 0.6) is 0 Å². The highest BCUT2D eigenvalue weighted by Gasteiger charge is 2.13. The average Bonchev–Trinajstić information content (AvgIpc) is 2.59. The largest absolute Gasteiger partial charge is 0.454 e. The molecule has 0 aliphatic heterocycles. The van der Waals surface area contributed by atoms with E-state index in [1.54, 1.807) is 36.4 Å². The Hall–Kier alpha value is -2.95. The lowest BCUT2D eigenvalue weighted by Gasteiger charge is -2.09. The number of carbonyl (C=O) groups is 3. The predicted octanol–water partition coefficient (Wildman–Crippen LogP) is 4.02. The summed E-state index contributed by atoms with van der Waals surface area (Å²) in [7, 11) is 0. The van der Waals surface area contributed by atoms with Crippen LogP contribution in [0, 0.1) is 12.8 Å². The van der Waals surface area contributed by atoms with Crippen LogP contribution >= 0.6 is 0 Å². The second-order valence-corrected chi connectivity index (χ2v) is 6.54. The normalized spacial score (nSPS) is 10.5. The number of anilines is 1. The van der Waals surface area contributed by atoms with Crippen LogP contribution in [-0.4, -0.2) is 24.3 Å². The molecular weight excluding hydrogens is 330 g/mol. The third-order valence-electron chi connectivity index (χ3n) is 3.78. The van der Waals surface area contributed by atoms with E-state index in [-0.39, 0.29) is 24.2 Å². The van der Waals surface area contributed by atoms with Crippen molar-refractivity contribution in [3.63, 3.8) is 0 Å². The minimum Gasteiger partial charge on any atom is -0.454 e. The first kappa shape index (κ1) is 19.4. The maximum atomic E-state index is 12.2. The number of esters is 1. The van der Waals surface area contributed by atoms with Gasteiger partial charge in [0.05, 0.1) is 5.56 Å². The quantitative estimate of drug-likeness (QED) is 0.603. The van der Waals surface area contributed by atoms with Gasteiger partial charge in [-0.1, -0.05) is 32.0 Å². The summed E-state index contributed by atoms with van der Waals surface area (Å²) in [5, 5.41) is 2.78. The van der Waals surface area contributed by atoms with Crippen LogP contribution in [0.4, 0.5) is 5.69 Å². The summed E-state index contributed by atoms with van der Waals surface area (Å²) >= 11 is 0. The molecule has 0 radical (unpaired) electrons. The highest BCUT2D eigenvalue weighted by molar-refractivity contribution is 6.00. The van der Waals surface area contributed by atoms with Gasteiger partial charge in [0, 0.05) is 17.7 Å². The van der Waals surface area contributed by atoms with Crippen LogP contribution in [0.3, 0.4) is 0 Å². The van der Waals surface area contributed by atoms with Gasteiger partial charge in [-0.15, -0.1) is 0 Å². The van der Waals surface area contributed by atoms with Gasteiger partial charge in [-0.2, -0.15) is 0 Å². The van der Waals surface area contributed by atoms with Gasteiger partial charge in [0.1, 0.15) is 0 Å². The van der Waals surface area contributed by atoms with Gasteiger partial charge in [-0.05, 0) is 48.7 Å². The Labute approximate surface area is 153 Å². The number of ketones is 1. The minimum atomic E-state index is -0.519. The molecule has 136 valence electrons. The zero-order valence-electron chi connectivity index (χ0n) is 15.2. The van der Waals surface area contributed by atoms with Crippen molar-refractivity contribution in [2.45, 2.75) is 27.2 Å². The fourth-order valence-electron chi connectivity index (χ4n) is 2.42. The second-order valence-electron chi connectivity index (χ2n) is 6.54. The van der Waals surface area contributed by atoms with Crippen LogP contribution in [0.1, 0.15) is 46.5 Å². The summed E-state index contributed by atoms with van der Waals surface area (Å²) in [6.45, 7) is 5.43. The van der Waals surface area contributed by atoms with Gasteiger partial charge in [0.25, 0.3) is 0 Å². The molecule has 26 heavy (non-hydrogen) atoms. The summed E-state index contributed by atoms with van der Waals surface area (Å²) in [5.41, 5.74) is 2.29. The number of Topliss-reactive ketones (excluding diaryl/α,β-unsaturated/α-hetero) is 1. The van der Waals surface area contributed by atoms with Crippen molar-refractivity contribution in [3.8, 4) is 0 Å². The van der Waals surface area contributed by atoms with Gasteiger partial charge >= 0.3 is 5.97 Å². The average molecular weight is 353 g/mol. The van der Waals surface area contributed by atoms with Gasteiger partial charge in [0.2, 0.25) is 5.91 Å². The fraction of sp³-hybridized carbons (Fsp3) is 0.286. The molecule has 0 aliphatic carbocycles. The topological polar surface area (TPSA) is 72.5 Å². The lowest BCUT2D eigenvalue weighted by atomic mass is 10.1. The number of ether oxygens (including phenoxy) is 1. The van der Waals surface area contributed by atoms with Gasteiger partial charge in [-0.3, -0.25) is 9.59 Å². The van der Waals surface area contributed by atoms with Gasteiger partial charge in [0.15, 0.2) is 12.4 Å². The first-order valence-electron chi connectivity index (χ1n) is 8.52. The highest BCUT2D eigenvalue weighted by atomic mass is 16.5. The molecule has 0 aliphatic rings. The van der Waals surface area contributed by atoms with Crippen molar-refractivity contribution in [1.29, 1.82) is 0 Å². The summed E-state index contributed by atoms with van der Waals surface area (Å²) in [6, 6.07) is 13.6. The van der Waals surface area contributed by atoms with E-state index in [1.165, 1.54) is 0 Å². The Balaban J connectivity index is 1.91. The summed E-state index contributed by atoms with van der Waals surface area (Å²) in [5.74, 6) is -0.606. The maximum Gasteiger partial charge on any atom is 0.338 e. The molecule has 0 spiro atoms. The third kappa shape index (κ3) is 5.55. The van der Waals surface area contributed by atoms with Crippen molar-refractivity contribution in [1.82, 2.24) is 0 Å². The van der Waals surface area contributed by atoms with Crippen molar-refractivity contribution in [2.75, 3.05) is 11.9 Å². The molecule has 2 aromatic rings. The summed E-state index contributed by atoms with van der Waals surface area (Å²) in [4.78, 5) is 36.0. The predicted molar refractivity (Wildman–Crippen MR) is 100 cm³/mol. The highest BCUT2D eigenvalue weighted by Crippen LogP contribution is 2.13. The van der Waals surface area contributed by atoms with E-state index >= 15 is 0 Å². The van der Waals surface area contributed by atoms with E-state index in [1.807, 2.05) is 32.9 Å². The van der Waals surface area contributed by atoms with E-state index in [0.29, 0.717) is 23.2 Å². The number of hydrogen-bond donors (Lipinski definition) is 1. The summed E-state index contributed by atoms with van der Waals surface area (Å²) in [6.07, 6.45) is 0.440. The Morgan fingerprint density at radius 1 is 1.00 bits per heavy atom. The molecule has 2 rings (SSSR count). The minimum absolute atomic E-state index is 0.0637. The molecule has 1 amide bonds. The van der Waals surface area contributed by atoms with Crippen molar-refractivity contribution in [3.05, 3.63) is 65.2 Å². The standard InChI is InChI=1S/C21H23NO4/c1-14(2)12-20(24)22-17-10-8-16(9-11-17)19(23)13-26-21(25)18-7-5-4-6-15(18)3/h4-11,14H,12-13H2,1-3H3,(H,22,24). The monoisotopic (exact) mass is 353 g/mol. The number of nitrogens with one attached hydrogen (secondary N) is 1. The number of hydrogen-bond acceptors (Lipinski definition) is 4. The molecule has 5 nitrogen and oxygen atoms in total. The zero-order valence-corrected chi connectivity index (χ0v) is 15.2. The lowest BCUT2D eigenvalue weighted by molar-refractivity contribution is -0.116. The molecule has 5 heteroatoms. The molecule has 0 heterocycles. The van der Waals surface area contributed by atoms with E-state index in [4.69, 9.17) is 4.74 Å². The maximum absolute atomic E-state index is 12.2. The molecule has 0 bridgehead atoms. The van der Waals surface area contributed by atoms with Crippen LogP contribution in [0.25, 0.3) is 0 Å². The first-order valence-corrected chi connectivity index (χ1v) is 8.52. The van der Waals surface area contributed by atoms with E-state index in [0.717, 1.165) is 5.56 Å². The molecule has 2 aromatic carbocycles. The molecule has 0 saturated carbocycles. The van der Waals surface area contributed by atoms with E-state index in [9.17, 15) is 14.4 Å². The fourth-order valence-corrected chi connectivity index (χ4v) is 2.42. The number of aryl methyl sites for hydroxylation is 1. The first-order chi connectivity index (χ1) is 12.4. The van der Waals surface area contributed by atoms with Crippen molar-refractivity contribution < 1.29 is 19.1 Å². The molecule has 0 fully saturated rings. The zero-order chi connectivity index (χ0) is 19.1. The van der Waals surface area contributed by atoms with E-state index < -0.39 is 5.97 Å². The lowest BCUT2D eigenvalue weighted by Crippen LogP contribution is -2.16. The van der Waals surface area contributed by atoms with Crippen molar-refractivity contribution >= 4 is 23.3 Å². The van der Waals surface area contributed by atoms with Crippen LogP contribution in [0.2, 0.25) is 0 Å². The van der Waals surface area contributed by atoms with Crippen molar-refractivity contribution in [2.24, 2.45) is 5.92 Å². The Morgan fingerprint density at radius 3 is 2.27 bits per heavy atom. The molecule has 0 aromatic heterocycles. The Morgan fingerprint density at radius 2 is 1.65 bits per heavy atom. The molecule has 0 unspecified atom stereocenters. The molecule has 1 N–H and O–H groups in total. The van der Waals surface area contributed by atoms with Crippen LogP contribution < -0.4 is 5.32 Å². The Bertz CT molecular complexity index is 794. The van der Waals surface area contributed by atoms with Crippen LogP contribution in [-0.2, 0) is 9.53 Å². The number of benzene rings is 2. The second kappa shape index (κ2) is 8.94. The molecular formula is C21H23NO4. The SMILES string of the molecule is Cc1ccccc1C(=O)OCC(=O)c1ccc(NC(=O)CC(C)C)cc1. The number of carbonyl (C=O) groups excluding carboxylic acids is 3. The number of amides is 1. The smallest absolute Gasteiger partial charge is 0.338 e. The molecule has 0 atom stereocenters. The molecule has 0 saturated heterocycles. The van der Waals surface area contributed by atoms with Gasteiger partial charge in [-0.25, -0.2) is 4.79 Å². The van der Waals surface area contributed by atoms with Gasteiger partial charge < -0.3 is 10.1 Å². The number of rotatable bonds is 7. The summed E-state index contributed by atoms with van der Waals surface area (Å²) < 4.78 is 5.11. The Kier molecular flexibility index (Phi) is 6.67.